The van der Waals surface area contributed by atoms with Crippen LogP contribution in [0.15, 0.2) is 30.5 Å². The van der Waals surface area contributed by atoms with Crippen molar-refractivity contribution >= 4 is 11.6 Å². The second-order valence-electron chi connectivity index (χ2n) is 3.40. The van der Waals surface area contributed by atoms with Crippen molar-refractivity contribution in [1.29, 1.82) is 5.26 Å². The number of nitrogens with two attached hydrogens (primary N) is 2. The molecule has 0 unspecified atom stereocenters. The molecular weight excluding hydrogens is 218 g/mol. The van der Waals surface area contributed by atoms with Crippen LogP contribution in [0.4, 0.5) is 5.69 Å². The topological polar surface area (TPSA) is 111 Å². The third kappa shape index (κ3) is 1.94. The fourth-order valence-electron chi connectivity index (χ4n) is 1.42. The van der Waals surface area contributed by atoms with E-state index in [1.54, 1.807) is 24.4 Å². The van der Waals surface area contributed by atoms with Crippen LogP contribution in [0.1, 0.15) is 16.1 Å². The van der Waals surface area contributed by atoms with Crippen molar-refractivity contribution in [3.05, 3.63) is 41.7 Å². The smallest absolute Gasteiger partial charge is 0.269 e. The highest BCUT2D eigenvalue weighted by molar-refractivity contribution is 5.90. The van der Waals surface area contributed by atoms with E-state index >= 15 is 0 Å². The molecule has 0 saturated heterocycles. The monoisotopic (exact) mass is 227 g/mol. The van der Waals surface area contributed by atoms with E-state index in [0.717, 1.165) is 0 Å². The van der Waals surface area contributed by atoms with E-state index in [1.807, 2.05) is 6.07 Å². The Morgan fingerprint density at radius 3 is 2.71 bits per heavy atom. The second-order valence-corrected chi connectivity index (χ2v) is 3.40. The van der Waals surface area contributed by atoms with E-state index in [2.05, 4.69) is 5.10 Å². The number of aromatic nitrogens is 2. The molecule has 1 aromatic heterocycles. The first kappa shape index (κ1) is 10.7. The fraction of sp³-hybridized carbons (Fsp3) is 0. The number of anilines is 1. The highest BCUT2D eigenvalue weighted by Gasteiger charge is 2.08. The maximum atomic E-state index is 10.9. The van der Waals surface area contributed by atoms with E-state index in [-0.39, 0.29) is 5.69 Å². The quantitative estimate of drug-likeness (QED) is 0.724. The summed E-state index contributed by atoms with van der Waals surface area (Å²) >= 11 is 0. The van der Waals surface area contributed by atoms with Crippen molar-refractivity contribution in [2.45, 2.75) is 0 Å². The average Bonchev–Trinajstić information content (AvgIpc) is 2.78. The molecule has 0 saturated carbocycles. The Morgan fingerprint density at radius 2 is 2.18 bits per heavy atom. The number of nitrogen functional groups attached to an aromatic ring is 1. The number of primary amides is 1. The molecule has 0 spiro atoms. The third-order valence-corrected chi connectivity index (χ3v) is 2.24. The summed E-state index contributed by atoms with van der Waals surface area (Å²) < 4.78 is 1.44. The van der Waals surface area contributed by atoms with Crippen molar-refractivity contribution in [2.24, 2.45) is 5.73 Å². The molecule has 6 nitrogen and oxygen atoms in total. The molecule has 1 amide bonds. The summed E-state index contributed by atoms with van der Waals surface area (Å²) in [4.78, 5) is 10.9. The van der Waals surface area contributed by atoms with Gasteiger partial charge in [-0.05, 0) is 24.3 Å². The lowest BCUT2D eigenvalue weighted by molar-refractivity contribution is 0.0995. The molecule has 4 N–H and O–H groups in total. The minimum atomic E-state index is -0.601. The van der Waals surface area contributed by atoms with Gasteiger partial charge in [-0.15, -0.1) is 0 Å². The van der Waals surface area contributed by atoms with Gasteiger partial charge in [-0.1, -0.05) is 0 Å². The highest BCUT2D eigenvalue weighted by atomic mass is 16.1. The van der Waals surface area contributed by atoms with Gasteiger partial charge < -0.3 is 11.5 Å². The van der Waals surface area contributed by atoms with Gasteiger partial charge in [0.2, 0.25) is 0 Å². The van der Waals surface area contributed by atoms with Gasteiger partial charge in [-0.2, -0.15) is 10.4 Å². The van der Waals surface area contributed by atoms with Gasteiger partial charge in [-0.25, -0.2) is 4.68 Å². The Morgan fingerprint density at radius 1 is 1.41 bits per heavy atom. The van der Waals surface area contributed by atoms with Gasteiger partial charge in [0, 0.05) is 6.20 Å². The zero-order valence-electron chi connectivity index (χ0n) is 8.79. The van der Waals surface area contributed by atoms with Gasteiger partial charge in [0.1, 0.15) is 5.69 Å². The molecule has 0 aliphatic heterocycles. The summed E-state index contributed by atoms with van der Waals surface area (Å²) in [6.07, 6.45) is 1.58. The molecule has 0 radical (unpaired) electrons. The van der Waals surface area contributed by atoms with Crippen LogP contribution in [0.5, 0.6) is 0 Å². The standard InChI is InChI=1S/C11H9N5O/c12-6-7-1-2-10(8(13)5-7)16-4-3-9(15-16)11(14)17/h1-5H,13H2,(H2,14,17). The summed E-state index contributed by atoms with van der Waals surface area (Å²) in [7, 11) is 0. The van der Waals surface area contributed by atoms with E-state index in [1.165, 1.54) is 10.7 Å². The van der Waals surface area contributed by atoms with Crippen LogP contribution in [0.25, 0.3) is 5.69 Å². The molecule has 17 heavy (non-hydrogen) atoms. The number of hydrogen-bond acceptors (Lipinski definition) is 4. The van der Waals surface area contributed by atoms with Gasteiger partial charge >= 0.3 is 0 Å². The maximum Gasteiger partial charge on any atom is 0.269 e. The number of amides is 1. The minimum absolute atomic E-state index is 0.161. The van der Waals surface area contributed by atoms with Crippen molar-refractivity contribution in [2.75, 3.05) is 5.73 Å². The van der Waals surface area contributed by atoms with Gasteiger partial charge in [0.15, 0.2) is 0 Å². The second kappa shape index (κ2) is 3.98. The molecular formula is C11H9N5O. The average molecular weight is 227 g/mol. The first-order valence-electron chi connectivity index (χ1n) is 4.77. The van der Waals surface area contributed by atoms with Gasteiger partial charge in [0.25, 0.3) is 5.91 Å². The largest absolute Gasteiger partial charge is 0.397 e. The van der Waals surface area contributed by atoms with E-state index in [0.29, 0.717) is 16.9 Å². The van der Waals surface area contributed by atoms with Gasteiger partial charge in [0.05, 0.1) is 23.0 Å². The first-order valence-corrected chi connectivity index (χ1v) is 4.77. The summed E-state index contributed by atoms with van der Waals surface area (Å²) in [6, 6.07) is 8.31. The summed E-state index contributed by atoms with van der Waals surface area (Å²) in [5.41, 5.74) is 12.5. The number of nitrogens with zero attached hydrogens (tertiary/aromatic N) is 3. The van der Waals surface area contributed by atoms with Crippen LogP contribution in [0.3, 0.4) is 0 Å². The summed E-state index contributed by atoms with van der Waals surface area (Å²) in [5.74, 6) is -0.601. The lowest BCUT2D eigenvalue weighted by Crippen LogP contribution is -2.12. The van der Waals surface area contributed by atoms with Crippen LogP contribution >= 0.6 is 0 Å². The SMILES string of the molecule is N#Cc1ccc(-n2ccc(C(N)=O)n2)c(N)c1. The Kier molecular flexibility index (Phi) is 2.51. The predicted octanol–water partition coefficient (Wildman–Crippen LogP) is 0.425. The number of benzene rings is 1. The molecule has 84 valence electrons. The molecule has 2 aromatic rings. The lowest BCUT2D eigenvalue weighted by atomic mass is 10.2. The molecule has 0 bridgehead atoms. The maximum absolute atomic E-state index is 10.9. The van der Waals surface area contributed by atoms with Crippen LogP contribution in [0.2, 0.25) is 0 Å². The molecule has 0 aliphatic carbocycles. The highest BCUT2D eigenvalue weighted by Crippen LogP contribution is 2.18. The minimum Gasteiger partial charge on any atom is -0.397 e. The van der Waals surface area contributed by atoms with Crippen molar-refractivity contribution in [1.82, 2.24) is 9.78 Å². The Labute approximate surface area is 97.1 Å². The Hall–Kier alpha value is -2.81. The van der Waals surface area contributed by atoms with Crippen molar-refractivity contribution in [3.63, 3.8) is 0 Å². The fourth-order valence-corrected chi connectivity index (χ4v) is 1.42. The molecule has 0 atom stereocenters. The third-order valence-electron chi connectivity index (χ3n) is 2.24. The molecule has 2 rings (SSSR count). The normalized spacial score (nSPS) is 9.82. The van der Waals surface area contributed by atoms with E-state index < -0.39 is 5.91 Å². The molecule has 0 fully saturated rings. The Balaban J connectivity index is 2.46. The van der Waals surface area contributed by atoms with E-state index in [4.69, 9.17) is 16.7 Å². The number of carbonyl (C=O) groups excluding carboxylic acids is 1. The number of nitriles is 1. The number of hydrogen-bond donors (Lipinski definition) is 2. The number of rotatable bonds is 2. The van der Waals surface area contributed by atoms with Gasteiger partial charge in [-0.3, -0.25) is 4.79 Å². The zero-order valence-corrected chi connectivity index (χ0v) is 8.79. The Bertz CT molecular complexity index is 623. The molecule has 1 aromatic carbocycles. The van der Waals surface area contributed by atoms with Crippen LogP contribution in [-0.2, 0) is 0 Å². The molecule has 6 heteroatoms. The predicted molar refractivity (Wildman–Crippen MR) is 61.2 cm³/mol. The molecule has 0 aliphatic rings. The first-order chi connectivity index (χ1) is 8.11. The summed E-state index contributed by atoms with van der Waals surface area (Å²) in [6.45, 7) is 0. The van der Waals surface area contributed by atoms with Crippen LogP contribution < -0.4 is 11.5 Å². The van der Waals surface area contributed by atoms with E-state index in [9.17, 15) is 4.79 Å². The summed E-state index contributed by atoms with van der Waals surface area (Å²) in [5, 5.41) is 12.7. The van der Waals surface area contributed by atoms with Crippen molar-refractivity contribution in [3.8, 4) is 11.8 Å². The van der Waals surface area contributed by atoms with Crippen molar-refractivity contribution < 1.29 is 4.79 Å². The zero-order chi connectivity index (χ0) is 12.4. The number of carbonyl (C=O) groups is 1. The molecule has 1 heterocycles. The van der Waals surface area contributed by atoms with Crippen LogP contribution in [-0.4, -0.2) is 15.7 Å². The van der Waals surface area contributed by atoms with Crippen LogP contribution in [0, 0.1) is 11.3 Å². The lowest BCUT2D eigenvalue weighted by Gasteiger charge is -2.05.